The van der Waals surface area contributed by atoms with Gasteiger partial charge in [-0.25, -0.2) is 0 Å². The molecule has 3 heterocycles. The van der Waals surface area contributed by atoms with Crippen molar-refractivity contribution in [2.45, 2.75) is 38.3 Å². The molecule has 1 aromatic rings. The van der Waals surface area contributed by atoms with Crippen LogP contribution in [0.2, 0.25) is 0 Å². The number of nitrogens with zero attached hydrogens (tertiary/aromatic N) is 3. The third kappa shape index (κ3) is 2.80. The molecule has 0 spiro atoms. The van der Waals surface area contributed by atoms with E-state index in [0.717, 1.165) is 45.1 Å². The van der Waals surface area contributed by atoms with Gasteiger partial charge in [0.1, 0.15) is 6.10 Å². The zero-order valence-corrected chi connectivity index (χ0v) is 11.6. The van der Waals surface area contributed by atoms with Crippen LogP contribution in [0.5, 0.6) is 0 Å². The van der Waals surface area contributed by atoms with Crippen LogP contribution in [-0.2, 0) is 4.74 Å². The summed E-state index contributed by atoms with van der Waals surface area (Å²) in [5.74, 6) is 1.82. The van der Waals surface area contributed by atoms with Gasteiger partial charge in [-0.2, -0.15) is 4.98 Å². The zero-order valence-electron chi connectivity index (χ0n) is 11.6. The Morgan fingerprint density at radius 2 is 2.32 bits per heavy atom. The zero-order chi connectivity index (χ0) is 13.2. The molecular formula is C13H22N4O2. The lowest BCUT2D eigenvalue weighted by Crippen LogP contribution is -2.42. The van der Waals surface area contributed by atoms with E-state index in [1.807, 2.05) is 0 Å². The summed E-state index contributed by atoms with van der Waals surface area (Å²) in [5, 5.41) is 7.43. The Balaban J connectivity index is 1.68. The lowest BCUT2D eigenvalue weighted by Gasteiger charge is -2.34. The minimum atomic E-state index is -0.0528. The number of hydrogen-bond donors (Lipinski definition) is 1. The molecule has 6 nitrogen and oxygen atoms in total. The molecule has 0 radical (unpaired) electrons. The maximum Gasteiger partial charge on any atom is 0.231 e. The van der Waals surface area contributed by atoms with E-state index in [4.69, 9.17) is 9.26 Å². The largest absolute Gasteiger partial charge is 0.367 e. The van der Waals surface area contributed by atoms with Crippen LogP contribution in [0, 0.1) is 0 Å². The summed E-state index contributed by atoms with van der Waals surface area (Å²) >= 11 is 0. The lowest BCUT2D eigenvalue weighted by atomic mass is 10.1. The smallest absolute Gasteiger partial charge is 0.231 e. The van der Waals surface area contributed by atoms with Crippen molar-refractivity contribution in [1.29, 1.82) is 0 Å². The molecule has 2 fully saturated rings. The fraction of sp³-hybridized carbons (Fsp3) is 0.846. The fourth-order valence-electron chi connectivity index (χ4n) is 2.70. The molecule has 106 valence electrons. The van der Waals surface area contributed by atoms with E-state index < -0.39 is 0 Å². The van der Waals surface area contributed by atoms with E-state index in [9.17, 15) is 0 Å². The number of morpholine rings is 1. The number of nitrogens with one attached hydrogen (secondary N) is 1. The number of rotatable bonds is 3. The Hall–Kier alpha value is -0.980. The van der Waals surface area contributed by atoms with Gasteiger partial charge in [0.05, 0.1) is 12.5 Å². The van der Waals surface area contributed by atoms with Crippen LogP contribution >= 0.6 is 0 Å². The number of aromatic nitrogens is 2. The van der Waals surface area contributed by atoms with Gasteiger partial charge >= 0.3 is 0 Å². The molecule has 2 saturated heterocycles. The van der Waals surface area contributed by atoms with Gasteiger partial charge < -0.3 is 14.6 Å². The third-order valence-corrected chi connectivity index (χ3v) is 3.98. The summed E-state index contributed by atoms with van der Waals surface area (Å²) < 4.78 is 11.2. The van der Waals surface area contributed by atoms with Crippen molar-refractivity contribution in [3.63, 3.8) is 0 Å². The van der Waals surface area contributed by atoms with Gasteiger partial charge in [-0.3, -0.25) is 4.90 Å². The molecule has 3 rings (SSSR count). The standard InChI is InChI=1S/C13H22N4O2/c1-9(2)17-5-6-18-11(8-17)12-15-13(19-16-12)10-3-4-14-7-10/h9-11,14H,3-8H2,1-2H3. The maximum atomic E-state index is 5.78. The van der Waals surface area contributed by atoms with Gasteiger partial charge in [-0.05, 0) is 26.8 Å². The summed E-state index contributed by atoms with van der Waals surface area (Å²) in [6, 6.07) is 0.525. The van der Waals surface area contributed by atoms with E-state index in [-0.39, 0.29) is 6.10 Å². The van der Waals surface area contributed by atoms with Gasteiger partial charge in [0, 0.05) is 25.7 Å². The van der Waals surface area contributed by atoms with Crippen LogP contribution in [0.15, 0.2) is 4.52 Å². The van der Waals surface area contributed by atoms with Crippen molar-refractivity contribution >= 4 is 0 Å². The van der Waals surface area contributed by atoms with Crippen molar-refractivity contribution in [1.82, 2.24) is 20.4 Å². The monoisotopic (exact) mass is 266 g/mol. The highest BCUT2D eigenvalue weighted by Crippen LogP contribution is 2.25. The number of ether oxygens (including phenoxy) is 1. The molecule has 2 aliphatic rings. The topological polar surface area (TPSA) is 63.4 Å². The summed E-state index contributed by atoms with van der Waals surface area (Å²) in [5.41, 5.74) is 0. The van der Waals surface area contributed by atoms with E-state index in [2.05, 4.69) is 34.2 Å². The summed E-state index contributed by atoms with van der Waals surface area (Å²) in [7, 11) is 0. The molecule has 1 N–H and O–H groups in total. The van der Waals surface area contributed by atoms with E-state index in [0.29, 0.717) is 17.8 Å². The first-order chi connectivity index (χ1) is 9.24. The molecule has 2 unspecified atom stereocenters. The summed E-state index contributed by atoms with van der Waals surface area (Å²) in [6.07, 6.45) is 1.02. The Labute approximate surface area is 113 Å². The molecule has 0 saturated carbocycles. The second-order valence-corrected chi connectivity index (χ2v) is 5.63. The molecule has 6 heteroatoms. The molecule has 19 heavy (non-hydrogen) atoms. The predicted octanol–water partition coefficient (Wildman–Crippen LogP) is 0.928. The summed E-state index contributed by atoms with van der Waals surface area (Å²) in [6.45, 7) is 8.93. The minimum Gasteiger partial charge on any atom is -0.367 e. The van der Waals surface area contributed by atoms with Crippen molar-refractivity contribution in [2.75, 3.05) is 32.8 Å². The molecule has 0 amide bonds. The average molecular weight is 266 g/mol. The second-order valence-electron chi connectivity index (χ2n) is 5.63. The van der Waals surface area contributed by atoms with Crippen LogP contribution in [0.25, 0.3) is 0 Å². The molecule has 2 atom stereocenters. The van der Waals surface area contributed by atoms with Gasteiger partial charge in [-0.15, -0.1) is 0 Å². The first kappa shape index (κ1) is 13.0. The van der Waals surface area contributed by atoms with Crippen molar-refractivity contribution in [2.24, 2.45) is 0 Å². The van der Waals surface area contributed by atoms with Crippen LogP contribution in [0.1, 0.15) is 44.0 Å². The van der Waals surface area contributed by atoms with Crippen LogP contribution in [0.3, 0.4) is 0 Å². The lowest BCUT2D eigenvalue weighted by molar-refractivity contribution is -0.0450. The van der Waals surface area contributed by atoms with Crippen molar-refractivity contribution in [3.05, 3.63) is 11.7 Å². The van der Waals surface area contributed by atoms with Crippen molar-refractivity contribution in [3.8, 4) is 0 Å². The molecule has 0 aliphatic carbocycles. The highest BCUT2D eigenvalue weighted by molar-refractivity contribution is 5.01. The molecular weight excluding hydrogens is 244 g/mol. The van der Waals surface area contributed by atoms with Gasteiger partial charge in [-0.1, -0.05) is 5.16 Å². The molecule has 0 aromatic carbocycles. The molecule has 1 aromatic heterocycles. The first-order valence-electron chi connectivity index (χ1n) is 7.14. The van der Waals surface area contributed by atoms with E-state index in [1.54, 1.807) is 0 Å². The third-order valence-electron chi connectivity index (χ3n) is 3.98. The SMILES string of the molecule is CC(C)N1CCOC(c2noc(C3CCNC3)n2)C1. The van der Waals surface area contributed by atoms with Gasteiger partial charge in [0.15, 0.2) is 0 Å². The highest BCUT2D eigenvalue weighted by atomic mass is 16.5. The van der Waals surface area contributed by atoms with Gasteiger partial charge in [0.2, 0.25) is 11.7 Å². The van der Waals surface area contributed by atoms with E-state index in [1.165, 1.54) is 0 Å². The van der Waals surface area contributed by atoms with E-state index >= 15 is 0 Å². The van der Waals surface area contributed by atoms with Crippen LogP contribution in [-0.4, -0.2) is 53.9 Å². The van der Waals surface area contributed by atoms with Gasteiger partial charge in [0.25, 0.3) is 0 Å². The Bertz CT molecular complexity index is 415. The fourth-order valence-corrected chi connectivity index (χ4v) is 2.70. The molecule has 2 aliphatic heterocycles. The maximum absolute atomic E-state index is 5.78. The Morgan fingerprint density at radius 1 is 1.42 bits per heavy atom. The highest BCUT2D eigenvalue weighted by Gasteiger charge is 2.29. The molecule has 0 bridgehead atoms. The second kappa shape index (κ2) is 5.56. The first-order valence-corrected chi connectivity index (χ1v) is 7.14. The minimum absolute atomic E-state index is 0.0528. The van der Waals surface area contributed by atoms with Crippen molar-refractivity contribution < 1.29 is 9.26 Å². The quantitative estimate of drug-likeness (QED) is 0.878. The Kier molecular flexibility index (Phi) is 3.81. The van der Waals surface area contributed by atoms with Crippen LogP contribution < -0.4 is 5.32 Å². The summed E-state index contributed by atoms with van der Waals surface area (Å²) in [4.78, 5) is 6.93. The Morgan fingerprint density at radius 3 is 3.05 bits per heavy atom. The predicted molar refractivity (Wildman–Crippen MR) is 69.9 cm³/mol. The average Bonchev–Trinajstić information content (AvgIpc) is 3.09. The normalized spacial score (nSPS) is 29.2. The number of hydrogen-bond acceptors (Lipinski definition) is 6. The van der Waals surface area contributed by atoms with Crippen LogP contribution in [0.4, 0.5) is 0 Å².